The third kappa shape index (κ3) is 5.99. The lowest BCUT2D eigenvalue weighted by Crippen LogP contribution is -2.49. The Morgan fingerprint density at radius 2 is 1.82 bits per heavy atom. The number of piperidine rings is 1. The van der Waals surface area contributed by atoms with Crippen molar-refractivity contribution in [3.8, 4) is 0 Å². The Labute approximate surface area is 197 Å². The van der Waals surface area contributed by atoms with E-state index < -0.39 is 0 Å². The highest BCUT2D eigenvalue weighted by atomic mass is 16.2. The fraction of sp³-hybridized carbons (Fsp3) is 0.519. The Hall–Kier alpha value is -2.73. The molecule has 1 aromatic carbocycles. The van der Waals surface area contributed by atoms with Gasteiger partial charge in [0.15, 0.2) is 0 Å². The number of rotatable bonds is 7. The molecule has 2 fully saturated rings. The highest BCUT2D eigenvalue weighted by Gasteiger charge is 2.45. The van der Waals surface area contributed by atoms with Crippen LogP contribution in [0.25, 0.3) is 0 Å². The molecule has 33 heavy (non-hydrogen) atoms. The van der Waals surface area contributed by atoms with Crippen molar-refractivity contribution >= 4 is 11.8 Å². The van der Waals surface area contributed by atoms with Gasteiger partial charge in [-0.25, -0.2) is 0 Å². The Kier molecular flexibility index (Phi) is 7.76. The first kappa shape index (κ1) is 23.4. The van der Waals surface area contributed by atoms with Gasteiger partial charge in [0.25, 0.3) is 0 Å². The molecule has 2 saturated heterocycles. The summed E-state index contributed by atoms with van der Waals surface area (Å²) in [6, 6.07) is 16.0. The average Bonchev–Trinajstić information content (AvgIpc) is 2.99. The van der Waals surface area contributed by atoms with Gasteiger partial charge in [-0.2, -0.15) is 0 Å². The van der Waals surface area contributed by atoms with Gasteiger partial charge in [0.1, 0.15) is 0 Å². The fourth-order valence-corrected chi connectivity index (χ4v) is 5.38. The number of aromatic nitrogens is 1. The number of nitrogens with one attached hydrogen (secondary N) is 1. The first-order valence-electron chi connectivity index (χ1n) is 12.3. The van der Waals surface area contributed by atoms with Crippen LogP contribution >= 0.6 is 0 Å². The van der Waals surface area contributed by atoms with Gasteiger partial charge in [-0.3, -0.25) is 19.5 Å². The van der Waals surface area contributed by atoms with Crippen LogP contribution in [0.3, 0.4) is 0 Å². The van der Waals surface area contributed by atoms with Crippen LogP contribution in [0.2, 0.25) is 0 Å². The lowest BCUT2D eigenvalue weighted by molar-refractivity contribution is -0.146. The van der Waals surface area contributed by atoms with Crippen LogP contribution in [-0.4, -0.2) is 52.8 Å². The molecular weight excluding hydrogens is 412 g/mol. The number of pyridine rings is 1. The summed E-state index contributed by atoms with van der Waals surface area (Å²) >= 11 is 0. The number of carbonyl (C=O) groups is 2. The first-order valence-corrected chi connectivity index (χ1v) is 12.3. The van der Waals surface area contributed by atoms with Crippen molar-refractivity contribution in [2.45, 2.75) is 52.1 Å². The van der Waals surface area contributed by atoms with E-state index in [4.69, 9.17) is 0 Å². The summed E-state index contributed by atoms with van der Waals surface area (Å²) in [6.45, 7) is 6.33. The number of likely N-dealkylation sites (tertiary alicyclic amines) is 2. The molecule has 6 heteroatoms. The molecule has 2 aliphatic rings. The van der Waals surface area contributed by atoms with E-state index in [1.54, 1.807) is 6.20 Å². The summed E-state index contributed by atoms with van der Waals surface area (Å²) in [5.74, 6) is 0.717. The number of hydrogen-bond donors (Lipinski definition) is 1. The molecule has 1 N–H and O–H groups in total. The number of carbonyl (C=O) groups excluding carboxylic acids is 2. The molecule has 3 heterocycles. The standard InChI is InChI=1S/C27H36N4O2/c1-27(14-6-8-16-31(26(27)33)20-22-9-3-2-4-10-22)23-12-17-30(18-13-23)21-25(32)29-19-24-11-5-7-15-28-24/h2-5,7,9-11,15,23H,6,8,12-14,16-21H2,1H3,(H,29,32)/t27-/m1/s1. The molecular formula is C27H36N4O2. The van der Waals surface area contributed by atoms with Crippen molar-refractivity contribution in [1.29, 1.82) is 0 Å². The summed E-state index contributed by atoms with van der Waals surface area (Å²) < 4.78 is 0. The van der Waals surface area contributed by atoms with Crippen LogP contribution < -0.4 is 5.32 Å². The van der Waals surface area contributed by atoms with Crippen molar-refractivity contribution < 1.29 is 9.59 Å². The second-order valence-electron chi connectivity index (χ2n) is 9.74. The van der Waals surface area contributed by atoms with Crippen LogP contribution in [0.1, 0.15) is 50.3 Å². The predicted molar refractivity (Wildman–Crippen MR) is 129 cm³/mol. The van der Waals surface area contributed by atoms with Gasteiger partial charge in [-0.15, -0.1) is 0 Å². The zero-order chi connectivity index (χ0) is 23.1. The molecule has 2 aliphatic heterocycles. The maximum Gasteiger partial charge on any atom is 0.234 e. The zero-order valence-electron chi connectivity index (χ0n) is 19.7. The van der Waals surface area contributed by atoms with Crippen molar-refractivity contribution in [1.82, 2.24) is 20.1 Å². The van der Waals surface area contributed by atoms with Gasteiger partial charge in [0.2, 0.25) is 11.8 Å². The van der Waals surface area contributed by atoms with Crippen molar-refractivity contribution in [2.75, 3.05) is 26.2 Å². The summed E-state index contributed by atoms with van der Waals surface area (Å²) in [7, 11) is 0. The summed E-state index contributed by atoms with van der Waals surface area (Å²) in [5.41, 5.74) is 1.75. The van der Waals surface area contributed by atoms with E-state index in [0.29, 0.717) is 31.5 Å². The quantitative estimate of drug-likeness (QED) is 0.703. The van der Waals surface area contributed by atoms with E-state index in [2.05, 4.69) is 39.2 Å². The Morgan fingerprint density at radius 3 is 2.55 bits per heavy atom. The Bertz CT molecular complexity index is 912. The monoisotopic (exact) mass is 448 g/mol. The van der Waals surface area contributed by atoms with Crippen LogP contribution in [0, 0.1) is 11.3 Å². The van der Waals surface area contributed by atoms with E-state index in [1.165, 1.54) is 5.56 Å². The number of amides is 2. The van der Waals surface area contributed by atoms with Gasteiger partial charge in [0.05, 0.1) is 18.8 Å². The molecule has 0 spiro atoms. The van der Waals surface area contributed by atoms with E-state index in [1.807, 2.05) is 36.4 Å². The Balaban J connectivity index is 1.30. The molecule has 1 aromatic heterocycles. The number of benzene rings is 1. The second-order valence-corrected chi connectivity index (χ2v) is 9.74. The van der Waals surface area contributed by atoms with Gasteiger partial charge < -0.3 is 10.2 Å². The summed E-state index contributed by atoms with van der Waals surface area (Å²) in [5, 5.41) is 2.97. The van der Waals surface area contributed by atoms with Gasteiger partial charge >= 0.3 is 0 Å². The van der Waals surface area contributed by atoms with Crippen LogP contribution in [-0.2, 0) is 22.7 Å². The lowest BCUT2D eigenvalue weighted by Gasteiger charge is -2.42. The molecule has 2 aromatic rings. The van der Waals surface area contributed by atoms with Crippen LogP contribution in [0.15, 0.2) is 54.7 Å². The lowest BCUT2D eigenvalue weighted by atomic mass is 9.69. The second kappa shape index (κ2) is 10.9. The number of hydrogen-bond acceptors (Lipinski definition) is 4. The third-order valence-corrected chi connectivity index (χ3v) is 7.41. The molecule has 176 valence electrons. The minimum absolute atomic E-state index is 0.0323. The van der Waals surface area contributed by atoms with Crippen LogP contribution in [0.5, 0.6) is 0 Å². The van der Waals surface area contributed by atoms with Gasteiger partial charge in [-0.1, -0.05) is 49.7 Å². The maximum atomic E-state index is 13.7. The van der Waals surface area contributed by atoms with E-state index in [9.17, 15) is 9.59 Å². The van der Waals surface area contributed by atoms with Crippen molar-refractivity contribution in [3.05, 3.63) is 66.0 Å². The average molecular weight is 449 g/mol. The highest BCUT2D eigenvalue weighted by Crippen LogP contribution is 2.42. The Morgan fingerprint density at radius 1 is 1.06 bits per heavy atom. The normalized spacial score (nSPS) is 22.7. The molecule has 0 unspecified atom stereocenters. The van der Waals surface area contributed by atoms with Gasteiger partial charge in [-0.05, 0) is 62.4 Å². The van der Waals surface area contributed by atoms with Crippen molar-refractivity contribution in [3.63, 3.8) is 0 Å². The van der Waals surface area contributed by atoms with E-state index in [0.717, 1.165) is 57.4 Å². The maximum absolute atomic E-state index is 13.7. The molecule has 0 radical (unpaired) electrons. The minimum Gasteiger partial charge on any atom is -0.349 e. The summed E-state index contributed by atoms with van der Waals surface area (Å²) in [4.78, 5) is 34.6. The summed E-state index contributed by atoms with van der Waals surface area (Å²) in [6.07, 6.45) is 6.81. The fourth-order valence-electron chi connectivity index (χ4n) is 5.38. The molecule has 1 atom stereocenters. The predicted octanol–water partition coefficient (Wildman–Crippen LogP) is 3.63. The molecule has 0 saturated carbocycles. The molecule has 0 bridgehead atoms. The molecule has 6 nitrogen and oxygen atoms in total. The topological polar surface area (TPSA) is 65.5 Å². The largest absolute Gasteiger partial charge is 0.349 e. The van der Waals surface area contributed by atoms with E-state index in [-0.39, 0.29) is 11.3 Å². The minimum atomic E-state index is -0.307. The van der Waals surface area contributed by atoms with E-state index >= 15 is 0 Å². The highest BCUT2D eigenvalue weighted by molar-refractivity contribution is 5.83. The third-order valence-electron chi connectivity index (χ3n) is 7.41. The smallest absolute Gasteiger partial charge is 0.234 e. The number of nitrogens with zero attached hydrogens (tertiary/aromatic N) is 3. The SMILES string of the molecule is C[C@]1(C2CCN(CC(=O)NCc3ccccn3)CC2)CCCCN(Cc2ccccc2)C1=O. The molecule has 0 aliphatic carbocycles. The first-order chi connectivity index (χ1) is 16.0. The molecule has 4 rings (SSSR count). The van der Waals surface area contributed by atoms with Crippen LogP contribution in [0.4, 0.5) is 0 Å². The molecule has 2 amide bonds. The van der Waals surface area contributed by atoms with Gasteiger partial charge in [0, 0.05) is 24.7 Å². The van der Waals surface area contributed by atoms with Crippen molar-refractivity contribution in [2.24, 2.45) is 11.3 Å². The zero-order valence-corrected chi connectivity index (χ0v) is 19.7.